The number of rotatable bonds is 4. The summed E-state index contributed by atoms with van der Waals surface area (Å²) < 4.78 is 24.1. The molecule has 1 aliphatic carbocycles. The fourth-order valence-corrected chi connectivity index (χ4v) is 2.35. The molecule has 1 fully saturated rings. The monoisotopic (exact) mass is 240 g/mol. The molecule has 0 bridgehead atoms. The van der Waals surface area contributed by atoms with Crippen molar-refractivity contribution in [1.29, 1.82) is 0 Å². The lowest BCUT2D eigenvalue weighted by molar-refractivity contribution is -0.196. The van der Waals surface area contributed by atoms with E-state index in [-0.39, 0.29) is 12.1 Å². The van der Waals surface area contributed by atoms with Gasteiger partial charge in [-0.25, -0.2) is 4.39 Å². The zero-order valence-electron chi connectivity index (χ0n) is 10.2. The van der Waals surface area contributed by atoms with E-state index in [0.29, 0.717) is 31.5 Å². The van der Waals surface area contributed by atoms with Gasteiger partial charge < -0.3 is 9.47 Å². The average Bonchev–Trinajstić information content (AvgIpc) is 2.39. The molecule has 0 aromatic carbocycles. The molecule has 0 N–H and O–H groups in total. The Hall–Kier alpha value is -0.670. The van der Waals surface area contributed by atoms with Gasteiger partial charge in [0.25, 0.3) is 0 Å². The molecule has 2 rings (SSSR count). The van der Waals surface area contributed by atoms with Crippen LogP contribution in [0.2, 0.25) is 0 Å². The molecule has 0 aromatic heterocycles. The highest BCUT2D eigenvalue weighted by atomic mass is 19.1. The molecule has 17 heavy (non-hydrogen) atoms. The van der Waals surface area contributed by atoms with Crippen molar-refractivity contribution >= 4 is 0 Å². The summed E-state index contributed by atoms with van der Waals surface area (Å²) in [6, 6.07) is 0. The van der Waals surface area contributed by atoms with Gasteiger partial charge in [-0.15, -0.1) is 6.58 Å². The molecule has 1 atom stereocenters. The summed E-state index contributed by atoms with van der Waals surface area (Å²) in [5.41, 5.74) is 0. The lowest BCUT2D eigenvalue weighted by Crippen LogP contribution is -2.31. The van der Waals surface area contributed by atoms with Gasteiger partial charge in [-0.05, 0) is 38.0 Å². The summed E-state index contributed by atoms with van der Waals surface area (Å²) in [5.74, 6) is 0.983. The maximum atomic E-state index is 12.8. The SMILES string of the molecule is C=CC1COC(CCC2CC=C(F)CC2)OC1. The molecule has 96 valence electrons. The van der Waals surface area contributed by atoms with Crippen LogP contribution in [0.1, 0.15) is 32.1 Å². The largest absolute Gasteiger partial charge is 0.352 e. The third-order valence-corrected chi connectivity index (χ3v) is 3.60. The fraction of sp³-hybridized carbons (Fsp3) is 0.714. The third-order valence-electron chi connectivity index (χ3n) is 3.60. The van der Waals surface area contributed by atoms with Gasteiger partial charge in [-0.2, -0.15) is 0 Å². The third kappa shape index (κ3) is 3.93. The first-order valence-electron chi connectivity index (χ1n) is 6.48. The van der Waals surface area contributed by atoms with Crippen molar-refractivity contribution in [2.75, 3.05) is 13.2 Å². The van der Waals surface area contributed by atoms with Crippen LogP contribution >= 0.6 is 0 Å². The van der Waals surface area contributed by atoms with E-state index in [4.69, 9.17) is 9.47 Å². The van der Waals surface area contributed by atoms with Gasteiger partial charge in [-0.3, -0.25) is 0 Å². The first-order valence-corrected chi connectivity index (χ1v) is 6.48. The van der Waals surface area contributed by atoms with Crippen molar-refractivity contribution in [3.05, 3.63) is 24.6 Å². The minimum Gasteiger partial charge on any atom is -0.352 e. The van der Waals surface area contributed by atoms with E-state index in [0.717, 1.165) is 25.7 Å². The Bertz CT molecular complexity index is 280. The molecule has 0 saturated carbocycles. The van der Waals surface area contributed by atoms with E-state index in [1.54, 1.807) is 6.08 Å². The molecule has 0 radical (unpaired) electrons. The quantitative estimate of drug-likeness (QED) is 0.699. The summed E-state index contributed by atoms with van der Waals surface area (Å²) in [4.78, 5) is 0. The van der Waals surface area contributed by atoms with Crippen molar-refractivity contribution < 1.29 is 13.9 Å². The lowest BCUT2D eigenvalue weighted by Gasteiger charge is -2.29. The molecule has 2 nitrogen and oxygen atoms in total. The van der Waals surface area contributed by atoms with E-state index in [2.05, 4.69) is 6.58 Å². The standard InChI is InChI=1S/C14H21FO2/c1-2-11-9-16-14(17-10-11)8-5-12-3-6-13(15)7-4-12/h2,6,11-12,14H,1,3-5,7-10H2. The van der Waals surface area contributed by atoms with Gasteiger partial charge in [0.2, 0.25) is 0 Å². The van der Waals surface area contributed by atoms with Gasteiger partial charge in [-0.1, -0.05) is 12.2 Å². The molecule has 1 unspecified atom stereocenters. The van der Waals surface area contributed by atoms with Crippen LogP contribution in [0, 0.1) is 11.8 Å². The second-order valence-electron chi connectivity index (χ2n) is 4.96. The molecule has 3 heteroatoms. The van der Waals surface area contributed by atoms with Crippen LogP contribution in [0.5, 0.6) is 0 Å². The number of allylic oxidation sites excluding steroid dienone is 2. The fourth-order valence-electron chi connectivity index (χ4n) is 2.35. The summed E-state index contributed by atoms with van der Waals surface area (Å²) in [7, 11) is 0. The van der Waals surface area contributed by atoms with Gasteiger partial charge >= 0.3 is 0 Å². The Labute approximate surface area is 102 Å². The van der Waals surface area contributed by atoms with E-state index in [1.807, 2.05) is 6.08 Å². The van der Waals surface area contributed by atoms with Gasteiger partial charge in [0.05, 0.1) is 19.0 Å². The minimum atomic E-state index is -0.0676. The Morgan fingerprint density at radius 3 is 2.71 bits per heavy atom. The summed E-state index contributed by atoms with van der Waals surface area (Å²) >= 11 is 0. The molecule has 1 saturated heterocycles. The Morgan fingerprint density at radius 2 is 2.12 bits per heavy atom. The summed E-state index contributed by atoms with van der Waals surface area (Å²) in [6.45, 7) is 5.17. The second kappa shape index (κ2) is 6.31. The van der Waals surface area contributed by atoms with Crippen LogP contribution < -0.4 is 0 Å². The van der Waals surface area contributed by atoms with E-state index < -0.39 is 0 Å². The molecule has 2 aliphatic rings. The highest BCUT2D eigenvalue weighted by Gasteiger charge is 2.22. The highest BCUT2D eigenvalue weighted by molar-refractivity contribution is 4.97. The molecule has 0 aromatic rings. The van der Waals surface area contributed by atoms with Crippen LogP contribution in [-0.2, 0) is 9.47 Å². The Morgan fingerprint density at radius 1 is 1.35 bits per heavy atom. The van der Waals surface area contributed by atoms with Gasteiger partial charge in [0, 0.05) is 5.92 Å². The zero-order valence-corrected chi connectivity index (χ0v) is 10.2. The molecule has 1 heterocycles. The zero-order chi connectivity index (χ0) is 12.1. The number of halogens is 1. The smallest absolute Gasteiger partial charge is 0.157 e. The van der Waals surface area contributed by atoms with E-state index in [9.17, 15) is 4.39 Å². The first-order chi connectivity index (χ1) is 8.28. The Balaban J connectivity index is 1.64. The average molecular weight is 240 g/mol. The van der Waals surface area contributed by atoms with E-state index in [1.165, 1.54) is 0 Å². The van der Waals surface area contributed by atoms with Crippen molar-refractivity contribution in [3.63, 3.8) is 0 Å². The highest BCUT2D eigenvalue weighted by Crippen LogP contribution is 2.29. The molecule has 0 spiro atoms. The van der Waals surface area contributed by atoms with Crippen LogP contribution in [0.4, 0.5) is 4.39 Å². The summed E-state index contributed by atoms with van der Waals surface area (Å²) in [6.07, 6.45) is 7.96. The van der Waals surface area contributed by atoms with Gasteiger partial charge in [0.1, 0.15) is 0 Å². The second-order valence-corrected chi connectivity index (χ2v) is 4.96. The maximum Gasteiger partial charge on any atom is 0.157 e. The van der Waals surface area contributed by atoms with Crippen LogP contribution in [0.3, 0.4) is 0 Å². The van der Waals surface area contributed by atoms with Crippen molar-refractivity contribution in [2.24, 2.45) is 11.8 Å². The Kier molecular flexibility index (Phi) is 4.75. The maximum absolute atomic E-state index is 12.8. The predicted molar refractivity (Wildman–Crippen MR) is 65.1 cm³/mol. The van der Waals surface area contributed by atoms with Crippen LogP contribution in [0.15, 0.2) is 24.6 Å². The number of hydrogen-bond donors (Lipinski definition) is 0. The predicted octanol–water partition coefficient (Wildman–Crippen LogP) is 3.60. The van der Waals surface area contributed by atoms with Crippen LogP contribution in [-0.4, -0.2) is 19.5 Å². The molecular weight excluding hydrogens is 219 g/mol. The normalized spacial score (nSPS) is 34.2. The molecular formula is C14H21FO2. The number of hydrogen-bond acceptors (Lipinski definition) is 2. The van der Waals surface area contributed by atoms with Gasteiger partial charge in [0.15, 0.2) is 6.29 Å². The van der Waals surface area contributed by atoms with E-state index >= 15 is 0 Å². The van der Waals surface area contributed by atoms with Crippen molar-refractivity contribution in [1.82, 2.24) is 0 Å². The summed E-state index contributed by atoms with van der Waals surface area (Å²) in [5, 5.41) is 0. The van der Waals surface area contributed by atoms with Crippen LogP contribution in [0.25, 0.3) is 0 Å². The molecule has 0 amide bonds. The number of ether oxygens (including phenoxy) is 2. The first kappa shape index (κ1) is 12.8. The van der Waals surface area contributed by atoms with Crippen molar-refractivity contribution in [2.45, 2.75) is 38.4 Å². The topological polar surface area (TPSA) is 18.5 Å². The molecule has 1 aliphatic heterocycles. The lowest BCUT2D eigenvalue weighted by atomic mass is 9.89. The van der Waals surface area contributed by atoms with Crippen molar-refractivity contribution in [3.8, 4) is 0 Å². The minimum absolute atomic E-state index is 0.0558.